The minimum Gasteiger partial charge on any atom is -0.567 e. The van der Waals surface area contributed by atoms with Gasteiger partial charge in [-0.25, -0.2) is 0 Å². The van der Waals surface area contributed by atoms with Crippen molar-refractivity contribution in [1.82, 2.24) is 0 Å². The molecule has 0 spiro atoms. The Morgan fingerprint density at radius 2 is 2.09 bits per heavy atom. The summed E-state index contributed by atoms with van der Waals surface area (Å²) >= 11 is 0. The van der Waals surface area contributed by atoms with E-state index in [2.05, 4.69) is 9.47 Å². The van der Waals surface area contributed by atoms with Gasteiger partial charge in [-0.15, -0.1) is 0 Å². The van der Waals surface area contributed by atoms with Gasteiger partial charge in [-0.3, -0.25) is 0 Å². The second-order valence-electron chi connectivity index (χ2n) is 1.85. The van der Waals surface area contributed by atoms with Crippen LogP contribution >= 0.6 is 0 Å². The molecule has 6 nitrogen and oxygen atoms in total. The first-order valence-corrected chi connectivity index (χ1v) is 2.89. The number of hydrogen-bond donors (Lipinski definition) is 1. The quantitative estimate of drug-likeness (QED) is 0.368. The summed E-state index contributed by atoms with van der Waals surface area (Å²) in [5.74, 6) is -0.0521. The molecule has 0 aromatic heterocycles. The molecule has 0 aliphatic carbocycles. The maximum absolute atomic E-state index is 10.8. The van der Waals surface area contributed by atoms with Crippen LogP contribution in [0, 0.1) is 10.4 Å². The van der Waals surface area contributed by atoms with Crippen molar-refractivity contribution in [3.05, 3.63) is 22.4 Å². The third-order valence-corrected chi connectivity index (χ3v) is 1.28. The SMILES string of the molecule is COC1=CC(OC)=[N+]([O-])[NH+]1[O-]. The Bertz CT molecular complexity index is 223. The lowest BCUT2D eigenvalue weighted by Crippen LogP contribution is -3.08. The van der Waals surface area contributed by atoms with E-state index in [4.69, 9.17) is 0 Å². The maximum Gasteiger partial charge on any atom is 0.442 e. The fraction of sp³-hybridized carbons (Fsp3) is 0.400. The first-order valence-electron chi connectivity index (χ1n) is 2.89. The van der Waals surface area contributed by atoms with Crippen molar-refractivity contribution >= 4 is 5.90 Å². The van der Waals surface area contributed by atoms with E-state index in [0.717, 1.165) is 0 Å². The largest absolute Gasteiger partial charge is 0.567 e. The summed E-state index contributed by atoms with van der Waals surface area (Å²) in [5.41, 5.74) is 0. The Labute approximate surface area is 63.1 Å². The number of hydrogen-bond acceptors (Lipinski definition) is 4. The molecule has 1 aliphatic rings. The molecular formula is C5H8N2O4. The number of ether oxygens (including phenoxy) is 2. The fourth-order valence-corrected chi connectivity index (χ4v) is 0.721. The van der Waals surface area contributed by atoms with Gasteiger partial charge >= 0.3 is 11.8 Å². The van der Waals surface area contributed by atoms with E-state index in [1.807, 2.05) is 0 Å². The van der Waals surface area contributed by atoms with Crippen LogP contribution in [-0.2, 0) is 9.47 Å². The van der Waals surface area contributed by atoms with E-state index in [9.17, 15) is 10.4 Å². The molecule has 0 bridgehead atoms. The lowest BCUT2D eigenvalue weighted by Gasteiger charge is -2.12. The zero-order chi connectivity index (χ0) is 8.43. The van der Waals surface area contributed by atoms with Crippen LogP contribution in [0.5, 0.6) is 0 Å². The number of nitrogens with one attached hydrogen (secondary N) is 1. The molecule has 1 heterocycles. The van der Waals surface area contributed by atoms with Crippen LogP contribution in [0.25, 0.3) is 0 Å². The second kappa shape index (κ2) is 2.77. The highest BCUT2D eigenvalue weighted by Crippen LogP contribution is 1.93. The van der Waals surface area contributed by atoms with E-state index < -0.39 is 5.17 Å². The zero-order valence-electron chi connectivity index (χ0n) is 6.16. The molecule has 0 amide bonds. The van der Waals surface area contributed by atoms with Crippen LogP contribution in [0.15, 0.2) is 12.0 Å². The molecule has 0 aromatic carbocycles. The number of nitrogens with zero attached hydrogens (tertiary/aromatic N) is 1. The molecule has 1 unspecified atom stereocenters. The highest BCUT2D eigenvalue weighted by atomic mass is 16.7. The first kappa shape index (κ1) is 7.83. The Morgan fingerprint density at radius 1 is 1.45 bits per heavy atom. The number of methoxy groups -OCH3 is 2. The molecule has 0 aromatic rings. The van der Waals surface area contributed by atoms with Gasteiger partial charge in [0.2, 0.25) is 0 Å². The predicted octanol–water partition coefficient (Wildman–Crippen LogP) is -1.66. The molecule has 0 saturated carbocycles. The molecule has 62 valence electrons. The summed E-state index contributed by atoms with van der Waals surface area (Å²) in [4.78, 5) is 0.138. The predicted molar refractivity (Wildman–Crippen MR) is 35.1 cm³/mol. The monoisotopic (exact) mass is 160 g/mol. The Morgan fingerprint density at radius 3 is 2.36 bits per heavy atom. The third-order valence-electron chi connectivity index (χ3n) is 1.28. The second-order valence-corrected chi connectivity index (χ2v) is 1.85. The number of rotatable bonds is 1. The van der Waals surface area contributed by atoms with Crippen molar-refractivity contribution < 1.29 is 19.5 Å². The standard InChI is InChI=1S/C5H8N2O4/c1-10-4-3-5(11-2)7(9)6(4)8/h3,6H,1-2H3. The molecule has 1 atom stereocenters. The maximum atomic E-state index is 10.8. The highest BCUT2D eigenvalue weighted by molar-refractivity contribution is 5.83. The first-order chi connectivity index (χ1) is 5.20. The lowest BCUT2D eigenvalue weighted by atomic mass is 10.6. The van der Waals surface area contributed by atoms with Crippen LogP contribution in [-0.4, -0.2) is 25.0 Å². The number of hydroxylamine groups is 1. The Hall–Kier alpha value is -1.27. The van der Waals surface area contributed by atoms with Crippen LogP contribution in [0.1, 0.15) is 0 Å². The minimum absolute atomic E-state index is 0.00292. The average molecular weight is 160 g/mol. The van der Waals surface area contributed by atoms with E-state index in [1.54, 1.807) is 0 Å². The summed E-state index contributed by atoms with van der Waals surface area (Å²) in [6.45, 7) is 0. The van der Waals surface area contributed by atoms with Gasteiger partial charge < -0.3 is 19.9 Å². The molecule has 6 heteroatoms. The van der Waals surface area contributed by atoms with Crippen molar-refractivity contribution in [3.8, 4) is 0 Å². The van der Waals surface area contributed by atoms with Gasteiger partial charge in [0.1, 0.15) is 0 Å². The summed E-state index contributed by atoms with van der Waals surface area (Å²) < 4.78 is 9.17. The van der Waals surface area contributed by atoms with Gasteiger partial charge in [-0.2, -0.15) is 0 Å². The van der Waals surface area contributed by atoms with Gasteiger partial charge in [-0.1, -0.05) is 5.17 Å². The van der Waals surface area contributed by atoms with Crippen molar-refractivity contribution in [2.24, 2.45) is 0 Å². The van der Waals surface area contributed by atoms with Gasteiger partial charge in [-0.05, 0) is 0 Å². The Kier molecular flexibility index (Phi) is 1.97. The van der Waals surface area contributed by atoms with Gasteiger partial charge in [0, 0.05) is 4.85 Å². The van der Waals surface area contributed by atoms with Crippen molar-refractivity contribution in [3.63, 3.8) is 0 Å². The normalized spacial score (nSPS) is 23.5. The zero-order valence-corrected chi connectivity index (χ0v) is 6.16. The van der Waals surface area contributed by atoms with E-state index in [-0.39, 0.29) is 16.6 Å². The van der Waals surface area contributed by atoms with Gasteiger partial charge in [0.05, 0.1) is 14.2 Å². The number of quaternary nitrogens is 1. The lowest BCUT2D eigenvalue weighted by molar-refractivity contribution is -1.27. The van der Waals surface area contributed by atoms with Crippen LogP contribution in [0.3, 0.4) is 0 Å². The summed E-state index contributed by atoms with van der Waals surface area (Å²) in [6, 6.07) is 0. The Balaban J connectivity index is 2.84. The molecule has 11 heavy (non-hydrogen) atoms. The van der Waals surface area contributed by atoms with Gasteiger partial charge in [0.15, 0.2) is 6.08 Å². The molecule has 0 fully saturated rings. The van der Waals surface area contributed by atoms with Crippen LogP contribution in [0.4, 0.5) is 0 Å². The minimum atomic E-state index is -0.732. The van der Waals surface area contributed by atoms with Crippen LogP contribution in [0.2, 0.25) is 0 Å². The highest BCUT2D eigenvalue weighted by Gasteiger charge is 2.30. The summed E-state index contributed by atoms with van der Waals surface area (Å²) in [5, 5.41) is 20.9. The summed E-state index contributed by atoms with van der Waals surface area (Å²) in [7, 11) is 2.62. The average Bonchev–Trinajstić information content (AvgIpc) is 2.30. The smallest absolute Gasteiger partial charge is 0.442 e. The molecule has 0 radical (unpaired) electrons. The summed E-state index contributed by atoms with van der Waals surface area (Å²) in [6.07, 6.45) is 1.25. The molecular weight excluding hydrogens is 152 g/mol. The molecule has 1 N–H and O–H groups in total. The van der Waals surface area contributed by atoms with Crippen molar-refractivity contribution in [2.45, 2.75) is 0 Å². The fourth-order valence-electron chi connectivity index (χ4n) is 0.721. The van der Waals surface area contributed by atoms with E-state index in [1.165, 1.54) is 20.3 Å². The van der Waals surface area contributed by atoms with E-state index in [0.29, 0.717) is 0 Å². The van der Waals surface area contributed by atoms with E-state index >= 15 is 0 Å². The molecule has 1 rings (SSSR count). The van der Waals surface area contributed by atoms with Crippen molar-refractivity contribution in [1.29, 1.82) is 0 Å². The molecule has 1 aliphatic heterocycles. The topological polar surface area (TPSA) is 72.0 Å². The van der Waals surface area contributed by atoms with Crippen molar-refractivity contribution in [2.75, 3.05) is 14.2 Å². The third kappa shape index (κ3) is 1.13. The molecule has 0 saturated heterocycles. The van der Waals surface area contributed by atoms with Gasteiger partial charge in [0.25, 0.3) is 0 Å². The van der Waals surface area contributed by atoms with Crippen LogP contribution < -0.4 is 5.17 Å².